The smallest absolute Gasteiger partial charge is 0.159 e. The maximum atomic E-state index is 4.29. The molecule has 0 radical (unpaired) electrons. The van der Waals surface area contributed by atoms with Crippen LogP contribution in [0.25, 0.3) is 16.7 Å². The molecule has 0 aliphatic heterocycles. The Morgan fingerprint density at radius 1 is 0.885 bits per heavy atom. The first-order valence-corrected chi connectivity index (χ1v) is 9.05. The van der Waals surface area contributed by atoms with Gasteiger partial charge < -0.3 is 5.32 Å². The summed E-state index contributed by atoms with van der Waals surface area (Å²) in [5, 5.41) is 13.1. The fourth-order valence-corrected chi connectivity index (χ4v) is 3.36. The lowest BCUT2D eigenvalue weighted by Gasteiger charge is -2.09. The Labute approximate surface area is 152 Å². The van der Waals surface area contributed by atoms with Crippen molar-refractivity contribution in [2.24, 2.45) is 0 Å². The van der Waals surface area contributed by atoms with Crippen LogP contribution >= 0.6 is 0 Å². The van der Waals surface area contributed by atoms with Crippen molar-refractivity contribution < 1.29 is 0 Å². The van der Waals surface area contributed by atoms with Gasteiger partial charge >= 0.3 is 0 Å². The molecule has 0 saturated heterocycles. The van der Waals surface area contributed by atoms with Crippen molar-refractivity contribution in [1.29, 1.82) is 0 Å². The Morgan fingerprint density at radius 2 is 1.69 bits per heavy atom. The van der Waals surface area contributed by atoms with Crippen LogP contribution in [0.3, 0.4) is 0 Å². The summed E-state index contributed by atoms with van der Waals surface area (Å²) in [5.41, 5.74) is 5.71. The average Bonchev–Trinajstić information content (AvgIpc) is 3.43. The summed E-state index contributed by atoms with van der Waals surface area (Å²) in [6, 6.07) is 21.3. The lowest BCUT2D eigenvalue weighted by atomic mass is 10.1. The van der Waals surface area contributed by atoms with Crippen LogP contribution in [0.4, 0.5) is 11.4 Å². The molecule has 4 nitrogen and oxygen atoms in total. The van der Waals surface area contributed by atoms with E-state index in [1.165, 1.54) is 23.8 Å². The van der Waals surface area contributed by atoms with E-state index in [1.807, 2.05) is 25.3 Å². The number of hydrogen-bond donors (Lipinski definition) is 1. The van der Waals surface area contributed by atoms with Crippen molar-refractivity contribution in [2.75, 3.05) is 5.32 Å². The van der Waals surface area contributed by atoms with E-state index >= 15 is 0 Å². The molecule has 4 aromatic rings. The van der Waals surface area contributed by atoms with E-state index in [0.29, 0.717) is 0 Å². The lowest BCUT2D eigenvalue weighted by molar-refractivity contribution is 0.910. The molecule has 26 heavy (non-hydrogen) atoms. The number of rotatable bonds is 4. The zero-order valence-electron chi connectivity index (χ0n) is 14.7. The van der Waals surface area contributed by atoms with Crippen LogP contribution in [0.15, 0.2) is 66.9 Å². The maximum Gasteiger partial charge on any atom is 0.159 e. The molecule has 0 bridgehead atoms. The molecule has 2 aromatic carbocycles. The number of aryl methyl sites for hydroxylation is 1. The van der Waals surface area contributed by atoms with Gasteiger partial charge in [-0.25, -0.2) is 0 Å². The van der Waals surface area contributed by atoms with Crippen LogP contribution in [0.5, 0.6) is 0 Å². The molecule has 0 atom stereocenters. The van der Waals surface area contributed by atoms with Gasteiger partial charge in [0.05, 0.1) is 11.2 Å². The lowest BCUT2D eigenvalue weighted by Crippen LogP contribution is -1.98. The first kappa shape index (κ1) is 15.1. The topological polar surface area (TPSA) is 42.7 Å². The summed E-state index contributed by atoms with van der Waals surface area (Å²) in [4.78, 5) is 0. The highest BCUT2D eigenvalue weighted by atomic mass is 15.2. The van der Waals surface area contributed by atoms with E-state index in [9.17, 15) is 0 Å². The van der Waals surface area contributed by atoms with Crippen molar-refractivity contribution in [3.05, 3.63) is 78.1 Å². The van der Waals surface area contributed by atoms with Gasteiger partial charge in [-0.15, -0.1) is 5.10 Å². The molecule has 2 aromatic heterocycles. The number of anilines is 2. The minimum absolute atomic E-state index is 0.796. The largest absolute Gasteiger partial charge is 0.356 e. The molecule has 1 aliphatic rings. The summed E-state index contributed by atoms with van der Waals surface area (Å²) in [6.45, 7) is 1.94. The Morgan fingerprint density at radius 3 is 2.42 bits per heavy atom. The fraction of sp³-hybridized carbons (Fsp3) is 0.182. The molecule has 0 unspecified atom stereocenters. The van der Waals surface area contributed by atoms with Crippen LogP contribution in [0.1, 0.15) is 30.0 Å². The number of benzene rings is 2. The number of aromatic nitrogens is 3. The van der Waals surface area contributed by atoms with Gasteiger partial charge in [0.2, 0.25) is 0 Å². The normalized spacial score (nSPS) is 13.9. The van der Waals surface area contributed by atoms with Crippen LogP contribution in [0, 0.1) is 6.92 Å². The van der Waals surface area contributed by atoms with E-state index in [4.69, 9.17) is 0 Å². The third-order valence-electron chi connectivity index (χ3n) is 4.97. The van der Waals surface area contributed by atoms with Gasteiger partial charge in [-0.2, -0.15) is 5.10 Å². The van der Waals surface area contributed by atoms with E-state index in [0.717, 1.165) is 34.3 Å². The predicted octanol–water partition coefficient (Wildman–Crippen LogP) is 5.35. The number of hydrogen-bond acceptors (Lipinski definition) is 3. The molecule has 1 saturated carbocycles. The number of fused-ring (bicyclic) bond motifs is 1. The predicted molar refractivity (Wildman–Crippen MR) is 105 cm³/mol. The molecular formula is C22H20N4. The monoisotopic (exact) mass is 340 g/mol. The molecule has 4 heteroatoms. The summed E-state index contributed by atoms with van der Waals surface area (Å²) < 4.78 is 2.07. The van der Waals surface area contributed by atoms with Gasteiger partial charge in [0.25, 0.3) is 0 Å². The highest BCUT2D eigenvalue weighted by Crippen LogP contribution is 2.40. The van der Waals surface area contributed by atoms with Gasteiger partial charge in [0.15, 0.2) is 5.82 Å². The summed E-state index contributed by atoms with van der Waals surface area (Å²) >= 11 is 0. The summed E-state index contributed by atoms with van der Waals surface area (Å²) in [7, 11) is 0. The SMILES string of the molecule is Cc1ccc(-n2ccc3cc(Nc4ccc(C5CC5)cc4)ccc32)nn1. The standard InChI is InChI=1S/C22H20N4/c1-15-2-11-22(25-24-15)26-13-12-18-14-20(9-10-21(18)26)23-19-7-5-17(6-8-19)16-3-4-16/h2,5-14,16,23H,3-4H2,1H3. The van der Waals surface area contributed by atoms with Crippen molar-refractivity contribution in [1.82, 2.24) is 14.8 Å². The van der Waals surface area contributed by atoms with Crippen LogP contribution < -0.4 is 5.32 Å². The van der Waals surface area contributed by atoms with Gasteiger partial charge in [-0.05, 0) is 79.8 Å². The van der Waals surface area contributed by atoms with E-state index in [2.05, 4.69) is 68.6 Å². The zero-order valence-corrected chi connectivity index (χ0v) is 14.7. The minimum atomic E-state index is 0.796. The molecule has 0 amide bonds. The van der Waals surface area contributed by atoms with Gasteiger partial charge in [0, 0.05) is 23.0 Å². The maximum absolute atomic E-state index is 4.29. The Bertz CT molecular complexity index is 1060. The minimum Gasteiger partial charge on any atom is -0.356 e. The second-order valence-electron chi connectivity index (χ2n) is 7.01. The van der Waals surface area contributed by atoms with Gasteiger partial charge in [-0.1, -0.05) is 12.1 Å². The second kappa shape index (κ2) is 5.99. The van der Waals surface area contributed by atoms with E-state index in [1.54, 1.807) is 0 Å². The Kier molecular flexibility index (Phi) is 3.49. The molecule has 1 N–H and O–H groups in total. The highest BCUT2D eigenvalue weighted by molar-refractivity contribution is 5.86. The third kappa shape index (κ3) is 2.84. The van der Waals surface area contributed by atoms with Gasteiger partial charge in [0.1, 0.15) is 0 Å². The Hall–Kier alpha value is -3.14. The summed E-state index contributed by atoms with van der Waals surface area (Å²) in [6.07, 6.45) is 4.72. The molecule has 1 aliphatic carbocycles. The van der Waals surface area contributed by atoms with Crippen molar-refractivity contribution >= 4 is 22.3 Å². The van der Waals surface area contributed by atoms with Gasteiger partial charge in [-0.3, -0.25) is 4.57 Å². The van der Waals surface area contributed by atoms with Crippen molar-refractivity contribution in [3.63, 3.8) is 0 Å². The zero-order chi connectivity index (χ0) is 17.5. The molecule has 128 valence electrons. The molecule has 1 fully saturated rings. The van der Waals surface area contributed by atoms with Crippen LogP contribution in [-0.4, -0.2) is 14.8 Å². The first-order chi connectivity index (χ1) is 12.8. The summed E-state index contributed by atoms with van der Waals surface area (Å²) in [5.74, 6) is 1.63. The molecule has 0 spiro atoms. The quantitative estimate of drug-likeness (QED) is 0.544. The average molecular weight is 340 g/mol. The van der Waals surface area contributed by atoms with Crippen molar-refractivity contribution in [3.8, 4) is 5.82 Å². The van der Waals surface area contributed by atoms with Crippen molar-refractivity contribution in [2.45, 2.75) is 25.7 Å². The Balaban J connectivity index is 1.42. The third-order valence-corrected chi connectivity index (χ3v) is 4.97. The first-order valence-electron chi connectivity index (χ1n) is 9.05. The van der Waals surface area contributed by atoms with Crippen LogP contribution in [-0.2, 0) is 0 Å². The molecular weight excluding hydrogens is 320 g/mol. The molecule has 2 heterocycles. The fourth-order valence-electron chi connectivity index (χ4n) is 3.36. The second-order valence-corrected chi connectivity index (χ2v) is 7.01. The van der Waals surface area contributed by atoms with Crippen LogP contribution in [0.2, 0.25) is 0 Å². The molecule has 5 rings (SSSR count). The highest BCUT2D eigenvalue weighted by Gasteiger charge is 2.22. The van der Waals surface area contributed by atoms with E-state index in [-0.39, 0.29) is 0 Å². The van der Waals surface area contributed by atoms with E-state index < -0.39 is 0 Å². The number of nitrogens with zero attached hydrogens (tertiary/aromatic N) is 3. The number of nitrogens with one attached hydrogen (secondary N) is 1.